The van der Waals surface area contributed by atoms with E-state index in [-0.39, 0.29) is 12.5 Å². The Morgan fingerprint density at radius 1 is 0.825 bits per heavy atom. The molecule has 0 saturated heterocycles. The fourth-order valence-electron chi connectivity index (χ4n) is 4.11. The molecule has 8 nitrogen and oxygen atoms in total. The van der Waals surface area contributed by atoms with Gasteiger partial charge < -0.3 is 29.5 Å². The molecule has 3 aromatic carbocycles. The molecule has 3 rings (SSSR count). The van der Waals surface area contributed by atoms with Gasteiger partial charge in [-0.3, -0.25) is 0 Å². The summed E-state index contributed by atoms with van der Waals surface area (Å²) >= 11 is 0. The molecular weight excluding hydrogens is 508 g/mol. The molecule has 0 aromatic heterocycles. The van der Waals surface area contributed by atoms with Crippen LogP contribution in [-0.2, 0) is 16.0 Å². The molecular formula is C32H40N2O6. The molecule has 3 aromatic rings. The summed E-state index contributed by atoms with van der Waals surface area (Å²) in [6, 6.07) is 24.0. The summed E-state index contributed by atoms with van der Waals surface area (Å²) < 4.78 is 17.0. The molecule has 2 amide bonds. The molecule has 0 saturated carbocycles. The van der Waals surface area contributed by atoms with Crippen LogP contribution in [0, 0.1) is 0 Å². The third kappa shape index (κ3) is 10.6. The number of anilines is 1. The highest BCUT2D eigenvalue weighted by Gasteiger charge is 2.18. The molecule has 2 N–H and O–H groups in total. The Labute approximate surface area is 236 Å². The molecule has 0 spiro atoms. The fourth-order valence-corrected chi connectivity index (χ4v) is 4.11. The third-order valence-electron chi connectivity index (χ3n) is 6.27. The summed E-state index contributed by atoms with van der Waals surface area (Å²) in [5.41, 5.74) is 1.54. The lowest BCUT2D eigenvalue weighted by Gasteiger charge is -2.23. The number of nitrogens with one attached hydrogen (secondary N) is 1. The summed E-state index contributed by atoms with van der Waals surface area (Å²) in [5, 5.41) is 12.3. The van der Waals surface area contributed by atoms with Crippen LogP contribution in [-0.4, -0.2) is 54.4 Å². The highest BCUT2D eigenvalue weighted by Crippen LogP contribution is 2.23. The standard InChI is InChI=1S/C32H40N2O6/c1-3-5-6-10-21-34(22-23-39-27-17-13-25(14-18-27)24-30(31(35)36)38-4-2)32(37)33-26-15-19-29(20-16-26)40-28-11-8-7-9-12-28/h7-9,11-20,30H,3-6,10,21-24H2,1-2H3,(H,33,37)(H,35,36). The van der Waals surface area contributed by atoms with Crippen molar-refractivity contribution in [2.45, 2.75) is 52.1 Å². The number of hydrogen-bond acceptors (Lipinski definition) is 5. The van der Waals surface area contributed by atoms with Crippen LogP contribution in [0.3, 0.4) is 0 Å². The van der Waals surface area contributed by atoms with Gasteiger partial charge in [0.15, 0.2) is 6.10 Å². The van der Waals surface area contributed by atoms with Crippen LogP contribution < -0.4 is 14.8 Å². The highest BCUT2D eigenvalue weighted by atomic mass is 16.5. The van der Waals surface area contributed by atoms with Crippen molar-refractivity contribution in [3.05, 3.63) is 84.4 Å². The lowest BCUT2D eigenvalue weighted by atomic mass is 10.1. The number of nitrogens with zero attached hydrogens (tertiary/aromatic N) is 1. The van der Waals surface area contributed by atoms with Gasteiger partial charge >= 0.3 is 12.0 Å². The summed E-state index contributed by atoms with van der Waals surface area (Å²) in [6.07, 6.45) is 3.66. The van der Waals surface area contributed by atoms with E-state index in [4.69, 9.17) is 14.2 Å². The van der Waals surface area contributed by atoms with Crippen LogP contribution in [0.5, 0.6) is 17.2 Å². The van der Waals surface area contributed by atoms with Crippen molar-refractivity contribution < 1.29 is 28.9 Å². The van der Waals surface area contributed by atoms with E-state index < -0.39 is 12.1 Å². The first-order valence-electron chi connectivity index (χ1n) is 13.9. The normalized spacial score (nSPS) is 11.4. The quantitative estimate of drug-likeness (QED) is 0.176. The first-order chi connectivity index (χ1) is 19.5. The fraction of sp³-hybridized carbons (Fsp3) is 0.375. The molecule has 0 aliphatic carbocycles. The minimum Gasteiger partial charge on any atom is -0.492 e. The maximum absolute atomic E-state index is 13.1. The highest BCUT2D eigenvalue weighted by molar-refractivity contribution is 5.89. The number of benzene rings is 3. The Morgan fingerprint density at radius 3 is 2.15 bits per heavy atom. The van der Waals surface area contributed by atoms with E-state index >= 15 is 0 Å². The van der Waals surface area contributed by atoms with Gasteiger partial charge in [0, 0.05) is 25.3 Å². The number of carboxylic acids is 1. The Bertz CT molecular complexity index is 1150. The second kappa shape index (κ2) is 16.8. The van der Waals surface area contributed by atoms with Gasteiger partial charge in [-0.2, -0.15) is 0 Å². The number of carboxylic acid groups (broad SMARTS) is 1. The Morgan fingerprint density at radius 2 is 1.50 bits per heavy atom. The van der Waals surface area contributed by atoms with Gasteiger partial charge in [0.25, 0.3) is 0 Å². The lowest BCUT2D eigenvalue weighted by Crippen LogP contribution is -2.38. The first kappa shape index (κ1) is 30.5. The monoisotopic (exact) mass is 548 g/mol. The van der Waals surface area contributed by atoms with Crippen molar-refractivity contribution >= 4 is 17.7 Å². The number of unbranched alkanes of at least 4 members (excludes halogenated alkanes) is 3. The number of hydrogen-bond donors (Lipinski definition) is 2. The van der Waals surface area contributed by atoms with E-state index in [1.165, 1.54) is 0 Å². The largest absolute Gasteiger partial charge is 0.492 e. The molecule has 0 bridgehead atoms. The van der Waals surface area contributed by atoms with Crippen LogP contribution in [0.25, 0.3) is 0 Å². The molecule has 1 unspecified atom stereocenters. The SMILES string of the molecule is CCCCCCN(CCOc1ccc(CC(OCC)C(=O)O)cc1)C(=O)Nc1ccc(Oc2ccccc2)cc1. The van der Waals surface area contributed by atoms with Gasteiger partial charge in [-0.15, -0.1) is 0 Å². The number of para-hydroxylation sites is 1. The van der Waals surface area contributed by atoms with E-state index in [0.717, 1.165) is 37.0 Å². The van der Waals surface area contributed by atoms with Crippen molar-refractivity contribution in [1.29, 1.82) is 0 Å². The smallest absolute Gasteiger partial charge is 0.333 e. The van der Waals surface area contributed by atoms with Crippen molar-refractivity contribution in [3.8, 4) is 17.2 Å². The maximum atomic E-state index is 13.1. The van der Waals surface area contributed by atoms with Gasteiger partial charge in [0.2, 0.25) is 0 Å². The minimum absolute atomic E-state index is 0.178. The predicted molar refractivity (Wildman–Crippen MR) is 156 cm³/mol. The topological polar surface area (TPSA) is 97.3 Å². The molecule has 214 valence electrons. The Balaban J connectivity index is 1.52. The number of carbonyl (C=O) groups is 2. The van der Waals surface area contributed by atoms with Crippen molar-refractivity contribution in [3.63, 3.8) is 0 Å². The van der Waals surface area contributed by atoms with Gasteiger partial charge in [0.05, 0.1) is 6.54 Å². The van der Waals surface area contributed by atoms with E-state index in [1.807, 2.05) is 78.9 Å². The number of aliphatic carboxylic acids is 1. The average molecular weight is 549 g/mol. The molecule has 8 heteroatoms. The van der Waals surface area contributed by atoms with Gasteiger partial charge in [-0.05, 0) is 67.4 Å². The molecule has 1 atom stereocenters. The molecule has 0 aliphatic heterocycles. The molecule has 0 fully saturated rings. The number of urea groups is 1. The molecule has 0 aliphatic rings. The van der Waals surface area contributed by atoms with E-state index in [9.17, 15) is 14.7 Å². The number of rotatable bonds is 17. The summed E-state index contributed by atoms with van der Waals surface area (Å²) in [5.74, 6) is 1.13. The summed E-state index contributed by atoms with van der Waals surface area (Å²) in [4.78, 5) is 26.2. The zero-order chi connectivity index (χ0) is 28.6. The predicted octanol–water partition coefficient (Wildman–Crippen LogP) is 7.00. The Hall–Kier alpha value is -4.04. The lowest BCUT2D eigenvalue weighted by molar-refractivity contribution is -0.149. The molecule has 0 radical (unpaired) electrons. The van der Waals surface area contributed by atoms with Crippen LogP contribution in [0.2, 0.25) is 0 Å². The minimum atomic E-state index is -0.976. The molecule has 0 heterocycles. The van der Waals surface area contributed by atoms with Crippen LogP contribution >= 0.6 is 0 Å². The van der Waals surface area contributed by atoms with Crippen LogP contribution in [0.1, 0.15) is 45.1 Å². The number of carbonyl (C=O) groups excluding carboxylic acids is 1. The Kier molecular flexibility index (Phi) is 12.8. The average Bonchev–Trinajstić information content (AvgIpc) is 2.96. The second-order valence-electron chi connectivity index (χ2n) is 9.40. The van der Waals surface area contributed by atoms with Crippen molar-refractivity contribution in [1.82, 2.24) is 4.90 Å². The number of amides is 2. The zero-order valence-electron chi connectivity index (χ0n) is 23.4. The van der Waals surface area contributed by atoms with E-state index in [0.29, 0.717) is 43.5 Å². The van der Waals surface area contributed by atoms with Gasteiger partial charge in [-0.1, -0.05) is 56.5 Å². The summed E-state index contributed by atoms with van der Waals surface area (Å²) in [7, 11) is 0. The molecule has 40 heavy (non-hydrogen) atoms. The van der Waals surface area contributed by atoms with Crippen molar-refractivity contribution in [2.24, 2.45) is 0 Å². The maximum Gasteiger partial charge on any atom is 0.333 e. The van der Waals surface area contributed by atoms with Crippen LogP contribution in [0.15, 0.2) is 78.9 Å². The second-order valence-corrected chi connectivity index (χ2v) is 9.40. The number of ether oxygens (including phenoxy) is 3. The van der Waals surface area contributed by atoms with E-state index in [1.54, 1.807) is 11.8 Å². The van der Waals surface area contributed by atoms with E-state index in [2.05, 4.69) is 12.2 Å². The van der Waals surface area contributed by atoms with Gasteiger partial charge in [-0.25, -0.2) is 9.59 Å². The first-order valence-corrected chi connectivity index (χ1v) is 13.9. The summed E-state index contributed by atoms with van der Waals surface area (Å²) in [6.45, 7) is 5.68. The van der Waals surface area contributed by atoms with Crippen LogP contribution in [0.4, 0.5) is 10.5 Å². The van der Waals surface area contributed by atoms with Gasteiger partial charge in [0.1, 0.15) is 23.9 Å². The van der Waals surface area contributed by atoms with Crippen molar-refractivity contribution in [2.75, 3.05) is 31.6 Å². The third-order valence-corrected chi connectivity index (χ3v) is 6.27. The zero-order valence-corrected chi connectivity index (χ0v) is 23.4.